The summed E-state index contributed by atoms with van der Waals surface area (Å²) < 4.78 is 31.5. The van der Waals surface area contributed by atoms with Crippen LogP contribution >= 0.6 is 12.4 Å². The molecule has 1 aromatic rings. The second kappa shape index (κ2) is 6.28. The Labute approximate surface area is 106 Å². The van der Waals surface area contributed by atoms with Gasteiger partial charge in [0.15, 0.2) is 0 Å². The van der Waals surface area contributed by atoms with Gasteiger partial charge < -0.3 is 10.5 Å². The van der Waals surface area contributed by atoms with E-state index in [1.54, 1.807) is 0 Å². The van der Waals surface area contributed by atoms with Crippen molar-refractivity contribution in [3.63, 3.8) is 0 Å². The largest absolute Gasteiger partial charge is 0.381 e. The van der Waals surface area contributed by atoms with Gasteiger partial charge in [-0.25, -0.2) is 8.78 Å². The minimum absolute atomic E-state index is 0. The predicted molar refractivity (Wildman–Crippen MR) is 64.1 cm³/mol. The number of ether oxygens (including phenoxy) is 1. The molecule has 0 aliphatic carbocycles. The third-order valence-electron chi connectivity index (χ3n) is 3.10. The molecule has 1 aliphatic rings. The molecule has 1 aromatic carbocycles. The van der Waals surface area contributed by atoms with Gasteiger partial charge >= 0.3 is 0 Å². The van der Waals surface area contributed by atoms with Crippen LogP contribution in [0, 0.1) is 17.6 Å². The number of halogens is 3. The van der Waals surface area contributed by atoms with E-state index in [-0.39, 0.29) is 24.4 Å². The molecule has 0 amide bonds. The average Bonchev–Trinajstić information content (AvgIpc) is 2.29. The van der Waals surface area contributed by atoms with Crippen LogP contribution in [0.1, 0.15) is 24.4 Å². The molecule has 17 heavy (non-hydrogen) atoms. The summed E-state index contributed by atoms with van der Waals surface area (Å²) in [5.74, 6) is -0.909. The van der Waals surface area contributed by atoms with Gasteiger partial charge in [-0.3, -0.25) is 0 Å². The zero-order valence-corrected chi connectivity index (χ0v) is 10.2. The van der Waals surface area contributed by atoms with Crippen molar-refractivity contribution in [2.45, 2.75) is 18.9 Å². The Hall–Kier alpha value is -0.710. The quantitative estimate of drug-likeness (QED) is 0.891. The molecule has 0 saturated carbocycles. The third kappa shape index (κ3) is 3.37. The van der Waals surface area contributed by atoms with Crippen molar-refractivity contribution in [1.82, 2.24) is 0 Å². The Morgan fingerprint density at radius 1 is 1.24 bits per heavy atom. The maximum atomic E-state index is 13.5. The summed E-state index contributed by atoms with van der Waals surface area (Å²) in [5.41, 5.74) is 6.40. The first-order valence-corrected chi connectivity index (χ1v) is 5.47. The Bertz CT molecular complexity index is 370. The van der Waals surface area contributed by atoms with Gasteiger partial charge in [-0.2, -0.15) is 0 Å². The summed E-state index contributed by atoms with van der Waals surface area (Å²) in [7, 11) is 0. The van der Waals surface area contributed by atoms with E-state index in [0.717, 1.165) is 18.9 Å². The molecule has 5 heteroatoms. The highest BCUT2D eigenvalue weighted by atomic mass is 35.5. The molecule has 1 aliphatic heterocycles. The molecule has 96 valence electrons. The van der Waals surface area contributed by atoms with Crippen molar-refractivity contribution in [2.75, 3.05) is 13.2 Å². The molecule has 0 radical (unpaired) electrons. The number of nitrogens with two attached hydrogens (primary N) is 1. The summed E-state index contributed by atoms with van der Waals surface area (Å²) >= 11 is 0. The van der Waals surface area contributed by atoms with Gasteiger partial charge in [-0.05, 0) is 24.8 Å². The minimum Gasteiger partial charge on any atom is -0.381 e. The van der Waals surface area contributed by atoms with E-state index < -0.39 is 11.6 Å². The second-order valence-corrected chi connectivity index (χ2v) is 4.14. The minimum atomic E-state index is -0.569. The normalized spacial score (nSPS) is 18.5. The fourth-order valence-electron chi connectivity index (χ4n) is 2.10. The van der Waals surface area contributed by atoms with Crippen LogP contribution in [0.2, 0.25) is 0 Å². The topological polar surface area (TPSA) is 35.2 Å². The fourth-order valence-corrected chi connectivity index (χ4v) is 2.10. The summed E-state index contributed by atoms with van der Waals surface area (Å²) in [4.78, 5) is 0. The van der Waals surface area contributed by atoms with E-state index in [4.69, 9.17) is 10.5 Å². The molecule has 2 rings (SSSR count). The summed E-state index contributed by atoms with van der Waals surface area (Å²) in [6, 6.07) is 3.20. The molecular formula is C12H16ClF2NO. The molecule has 0 unspecified atom stereocenters. The van der Waals surface area contributed by atoms with Gasteiger partial charge in [-0.15, -0.1) is 12.4 Å². The standard InChI is InChI=1S/C12H15F2NO.ClH/c13-9-1-2-10(11(14)7-9)12(15)8-3-5-16-6-4-8;/h1-2,7-8,12H,3-6,15H2;1H/t12-;/m0./s1. The average molecular weight is 264 g/mol. The van der Waals surface area contributed by atoms with Crippen LogP contribution in [-0.2, 0) is 4.74 Å². The number of hydrogen-bond acceptors (Lipinski definition) is 2. The summed E-state index contributed by atoms with van der Waals surface area (Å²) in [6.45, 7) is 1.34. The van der Waals surface area contributed by atoms with Crippen LogP contribution in [0.3, 0.4) is 0 Å². The highest BCUT2D eigenvalue weighted by molar-refractivity contribution is 5.85. The molecule has 1 atom stereocenters. The predicted octanol–water partition coefficient (Wildman–Crippen LogP) is 2.81. The Morgan fingerprint density at radius 3 is 2.47 bits per heavy atom. The lowest BCUT2D eigenvalue weighted by Gasteiger charge is -2.28. The molecule has 0 aromatic heterocycles. The zero-order chi connectivity index (χ0) is 11.5. The van der Waals surface area contributed by atoms with Gasteiger partial charge in [0.25, 0.3) is 0 Å². The van der Waals surface area contributed by atoms with Crippen molar-refractivity contribution in [2.24, 2.45) is 11.7 Å². The van der Waals surface area contributed by atoms with Crippen LogP contribution in [0.5, 0.6) is 0 Å². The Morgan fingerprint density at radius 2 is 1.88 bits per heavy atom. The van der Waals surface area contributed by atoms with Gasteiger partial charge in [0.1, 0.15) is 11.6 Å². The number of benzene rings is 1. The first-order chi connectivity index (χ1) is 7.68. The monoisotopic (exact) mass is 263 g/mol. The zero-order valence-electron chi connectivity index (χ0n) is 9.36. The molecule has 1 fully saturated rings. The van der Waals surface area contributed by atoms with Crippen molar-refractivity contribution in [1.29, 1.82) is 0 Å². The molecular weight excluding hydrogens is 248 g/mol. The maximum Gasteiger partial charge on any atom is 0.130 e. The van der Waals surface area contributed by atoms with Crippen LogP contribution in [0.25, 0.3) is 0 Å². The Kier molecular flexibility index (Phi) is 5.31. The van der Waals surface area contributed by atoms with Gasteiger partial charge in [0.05, 0.1) is 0 Å². The highest BCUT2D eigenvalue weighted by Gasteiger charge is 2.24. The van der Waals surface area contributed by atoms with Crippen LogP contribution in [0.4, 0.5) is 8.78 Å². The van der Waals surface area contributed by atoms with Crippen molar-refractivity contribution >= 4 is 12.4 Å². The van der Waals surface area contributed by atoms with Crippen LogP contribution < -0.4 is 5.73 Å². The fraction of sp³-hybridized carbons (Fsp3) is 0.500. The van der Waals surface area contributed by atoms with Crippen molar-refractivity contribution < 1.29 is 13.5 Å². The van der Waals surface area contributed by atoms with E-state index in [2.05, 4.69) is 0 Å². The van der Waals surface area contributed by atoms with E-state index in [1.165, 1.54) is 12.1 Å². The lowest BCUT2D eigenvalue weighted by atomic mass is 9.87. The summed E-state index contributed by atoms with van der Waals surface area (Å²) in [5, 5.41) is 0. The molecule has 2 nitrogen and oxygen atoms in total. The number of rotatable bonds is 2. The smallest absolute Gasteiger partial charge is 0.130 e. The molecule has 0 spiro atoms. The lowest BCUT2D eigenvalue weighted by molar-refractivity contribution is 0.0580. The lowest BCUT2D eigenvalue weighted by Crippen LogP contribution is -2.28. The molecule has 2 N–H and O–H groups in total. The van der Waals surface area contributed by atoms with Gasteiger partial charge in [-0.1, -0.05) is 6.07 Å². The third-order valence-corrected chi connectivity index (χ3v) is 3.10. The maximum absolute atomic E-state index is 13.5. The second-order valence-electron chi connectivity index (χ2n) is 4.14. The van der Waals surface area contributed by atoms with Gasteiger partial charge in [0, 0.05) is 30.9 Å². The summed E-state index contributed by atoms with van der Waals surface area (Å²) in [6.07, 6.45) is 1.66. The van der Waals surface area contributed by atoms with Crippen molar-refractivity contribution in [3.05, 3.63) is 35.4 Å². The SMILES string of the molecule is Cl.N[C@H](c1ccc(F)cc1F)C1CCOCC1. The van der Waals surface area contributed by atoms with E-state index in [1.807, 2.05) is 0 Å². The molecule has 1 heterocycles. The van der Waals surface area contributed by atoms with E-state index in [0.29, 0.717) is 18.8 Å². The molecule has 0 bridgehead atoms. The van der Waals surface area contributed by atoms with E-state index in [9.17, 15) is 8.78 Å². The van der Waals surface area contributed by atoms with E-state index >= 15 is 0 Å². The van der Waals surface area contributed by atoms with Crippen molar-refractivity contribution in [3.8, 4) is 0 Å². The number of hydrogen-bond donors (Lipinski definition) is 1. The van der Waals surface area contributed by atoms with Gasteiger partial charge in [0.2, 0.25) is 0 Å². The Balaban J connectivity index is 0.00000144. The van der Waals surface area contributed by atoms with Crippen LogP contribution in [0.15, 0.2) is 18.2 Å². The highest BCUT2D eigenvalue weighted by Crippen LogP contribution is 2.29. The first kappa shape index (κ1) is 14.4. The molecule has 1 saturated heterocycles. The first-order valence-electron chi connectivity index (χ1n) is 5.47. The van der Waals surface area contributed by atoms with Crippen LogP contribution in [-0.4, -0.2) is 13.2 Å².